The Morgan fingerprint density at radius 1 is 0.342 bits per heavy atom. The molecule has 0 amide bonds. The molecule has 0 saturated heterocycles. The van der Waals surface area contributed by atoms with Crippen LogP contribution in [0.4, 0.5) is 0 Å². The Hall–Kier alpha value is -9.62. The van der Waals surface area contributed by atoms with E-state index < -0.39 is 0 Å². The molecule has 0 radical (unpaired) electrons. The van der Waals surface area contributed by atoms with E-state index in [9.17, 15) is 49.2 Å². The standard InChI is InChI=1S/C21H20O5.C20H18O4.C19H16O4/c1-14-11-15(5-9-19(14)24)3-7-17(22)13-18(23)8-4-16-6-10-20(25)21(12-16)26-2;1-14-12-16(6-11-20(14)24)5-10-19(23)13-18(22)9-4-15-2-7-17(21)8-3-15;20-16-7-1-14(2-8-16)5-11-18(22)13-19(23)12-6-15-3-9-17(21)10-4-15/h3-12,24-25H,13H2,1-2H3;2-12,21,24H,13H2,1H3;1-12,20-21H,13H2/b7-3+,8-4+;9-4+,10-5+;11-5+,12-6+. The van der Waals surface area contributed by atoms with Gasteiger partial charge in [-0.15, -0.1) is 0 Å². The van der Waals surface area contributed by atoms with Crippen LogP contribution in [0.25, 0.3) is 36.5 Å². The lowest BCUT2D eigenvalue weighted by molar-refractivity contribution is -0.123. The number of allylic oxidation sites excluding steroid dienone is 6. The van der Waals surface area contributed by atoms with Crippen molar-refractivity contribution < 1.29 is 64.1 Å². The van der Waals surface area contributed by atoms with Crippen LogP contribution < -0.4 is 4.74 Å². The number of ether oxygens (including phenoxy) is 1. The van der Waals surface area contributed by atoms with Crippen molar-refractivity contribution in [3.05, 3.63) is 208 Å². The number of aromatic hydroxyl groups is 6. The molecule has 0 heterocycles. The highest BCUT2D eigenvalue weighted by atomic mass is 16.5. The summed E-state index contributed by atoms with van der Waals surface area (Å²) in [6.45, 7) is 3.53. The normalized spacial score (nSPS) is 11.2. The summed E-state index contributed by atoms with van der Waals surface area (Å²) in [6, 6.07) is 33.9. The molecule has 73 heavy (non-hydrogen) atoms. The smallest absolute Gasteiger partial charge is 0.163 e. The van der Waals surface area contributed by atoms with Gasteiger partial charge in [0.2, 0.25) is 0 Å². The van der Waals surface area contributed by atoms with Crippen molar-refractivity contribution in [3.8, 4) is 40.2 Å². The van der Waals surface area contributed by atoms with Gasteiger partial charge < -0.3 is 35.4 Å². The van der Waals surface area contributed by atoms with Crippen LogP contribution in [0.1, 0.15) is 63.8 Å². The second-order valence-electron chi connectivity index (χ2n) is 16.1. The lowest BCUT2D eigenvalue weighted by Gasteiger charge is -2.03. The van der Waals surface area contributed by atoms with Gasteiger partial charge in [-0.05, 0) is 168 Å². The van der Waals surface area contributed by atoms with E-state index in [-0.39, 0.29) is 88.5 Å². The summed E-state index contributed by atoms with van der Waals surface area (Å²) < 4.78 is 5.00. The average Bonchev–Trinajstić information content (AvgIpc) is 3.36. The molecule has 6 aromatic carbocycles. The number of rotatable bonds is 19. The molecular formula is C60H54O13. The molecule has 0 saturated carbocycles. The second kappa shape index (κ2) is 28.8. The second-order valence-corrected chi connectivity index (χ2v) is 16.1. The fourth-order valence-electron chi connectivity index (χ4n) is 6.12. The van der Waals surface area contributed by atoms with Gasteiger partial charge in [-0.3, -0.25) is 28.8 Å². The van der Waals surface area contributed by atoms with Crippen molar-refractivity contribution in [1.82, 2.24) is 0 Å². The Morgan fingerprint density at radius 3 is 0.836 bits per heavy atom. The zero-order valence-corrected chi connectivity index (χ0v) is 40.2. The highest BCUT2D eigenvalue weighted by molar-refractivity contribution is 6.12. The monoisotopic (exact) mass is 982 g/mol. The van der Waals surface area contributed by atoms with E-state index in [0.29, 0.717) is 16.9 Å². The Balaban J connectivity index is 0.000000238. The van der Waals surface area contributed by atoms with Crippen molar-refractivity contribution in [2.45, 2.75) is 33.1 Å². The van der Waals surface area contributed by atoms with Crippen molar-refractivity contribution in [2.75, 3.05) is 7.11 Å². The van der Waals surface area contributed by atoms with Crippen LogP contribution in [0.3, 0.4) is 0 Å². The van der Waals surface area contributed by atoms with Gasteiger partial charge in [-0.25, -0.2) is 0 Å². The first-order valence-electron chi connectivity index (χ1n) is 22.4. The maximum Gasteiger partial charge on any atom is 0.163 e. The lowest BCUT2D eigenvalue weighted by Crippen LogP contribution is -2.01. The first-order chi connectivity index (χ1) is 34.8. The van der Waals surface area contributed by atoms with Crippen LogP contribution in [0.15, 0.2) is 164 Å². The number of benzene rings is 6. The van der Waals surface area contributed by atoms with Crippen molar-refractivity contribution in [3.63, 3.8) is 0 Å². The quantitative estimate of drug-likeness (QED) is 0.0328. The maximum atomic E-state index is 11.9. The fourth-order valence-corrected chi connectivity index (χ4v) is 6.12. The molecule has 0 bridgehead atoms. The zero-order valence-electron chi connectivity index (χ0n) is 40.2. The number of phenolic OH excluding ortho intramolecular Hbond substituents is 6. The molecule has 0 aliphatic heterocycles. The third kappa shape index (κ3) is 21.3. The molecule has 0 fully saturated rings. The van der Waals surface area contributed by atoms with E-state index in [1.807, 2.05) is 0 Å². The van der Waals surface area contributed by atoms with E-state index in [2.05, 4.69) is 0 Å². The molecule has 0 unspecified atom stereocenters. The molecule has 372 valence electrons. The van der Waals surface area contributed by atoms with Gasteiger partial charge >= 0.3 is 0 Å². The molecular weight excluding hydrogens is 929 g/mol. The molecule has 13 nitrogen and oxygen atoms in total. The molecule has 6 aromatic rings. The van der Waals surface area contributed by atoms with Gasteiger partial charge in [0.1, 0.15) is 28.7 Å². The summed E-state index contributed by atoms with van der Waals surface area (Å²) >= 11 is 0. The summed E-state index contributed by atoms with van der Waals surface area (Å²) in [5.41, 5.74) is 5.96. The number of carbonyl (C=O) groups is 6. The first kappa shape index (κ1) is 56.0. The van der Waals surface area contributed by atoms with Crippen LogP contribution in [0.2, 0.25) is 0 Å². The molecule has 0 spiro atoms. The van der Waals surface area contributed by atoms with E-state index in [1.54, 1.807) is 135 Å². The van der Waals surface area contributed by atoms with Gasteiger partial charge in [0.25, 0.3) is 0 Å². The molecule has 6 rings (SSSR count). The minimum atomic E-state index is -0.325. The van der Waals surface area contributed by atoms with E-state index in [4.69, 9.17) is 14.9 Å². The van der Waals surface area contributed by atoms with Crippen LogP contribution in [0.5, 0.6) is 40.2 Å². The number of phenols is 6. The largest absolute Gasteiger partial charge is 0.508 e. The van der Waals surface area contributed by atoms with Gasteiger partial charge in [0, 0.05) is 0 Å². The molecule has 0 aliphatic rings. The Kier molecular flexibility index (Phi) is 22.1. The molecule has 0 atom stereocenters. The zero-order chi connectivity index (χ0) is 53.3. The van der Waals surface area contributed by atoms with E-state index >= 15 is 0 Å². The van der Waals surface area contributed by atoms with E-state index in [1.165, 1.54) is 86.0 Å². The van der Waals surface area contributed by atoms with Crippen molar-refractivity contribution >= 4 is 71.2 Å². The first-order valence-corrected chi connectivity index (χ1v) is 22.4. The van der Waals surface area contributed by atoms with Crippen LogP contribution in [-0.4, -0.2) is 72.4 Å². The Morgan fingerprint density at radius 2 is 0.575 bits per heavy atom. The SMILES string of the molecule is COc1cc(/C=C/C(=O)CC(=O)/C=C/c2ccc(O)c(C)c2)ccc1O.Cc1cc(/C=C/C(=O)CC(=O)/C=C/c2ccc(O)cc2)ccc1O.O=C(/C=C/c1ccc(O)cc1)CC(=O)/C=C/c1ccc(O)cc1. The summed E-state index contributed by atoms with van der Waals surface area (Å²) in [6.07, 6.45) is 17.0. The number of hydrogen-bond donors (Lipinski definition) is 6. The van der Waals surface area contributed by atoms with Crippen molar-refractivity contribution in [1.29, 1.82) is 0 Å². The minimum absolute atomic E-state index is 0.0146. The Bertz CT molecular complexity index is 3010. The van der Waals surface area contributed by atoms with Crippen LogP contribution in [0, 0.1) is 13.8 Å². The predicted octanol–water partition coefficient (Wildman–Crippen LogP) is 10.7. The van der Waals surface area contributed by atoms with Crippen LogP contribution in [-0.2, 0) is 28.8 Å². The summed E-state index contributed by atoms with van der Waals surface area (Å²) in [4.78, 5) is 70.8. The highest BCUT2D eigenvalue weighted by Crippen LogP contribution is 2.27. The number of carbonyl (C=O) groups excluding carboxylic acids is 6. The number of aryl methyl sites for hydroxylation is 2. The minimum Gasteiger partial charge on any atom is -0.508 e. The highest BCUT2D eigenvalue weighted by Gasteiger charge is 2.08. The molecule has 0 aromatic heterocycles. The number of methoxy groups -OCH3 is 1. The fraction of sp³-hybridized carbons (Fsp3) is 0.100. The molecule has 6 N–H and O–H groups in total. The Labute approximate surface area is 422 Å². The lowest BCUT2D eigenvalue weighted by atomic mass is 10.1. The number of hydrogen-bond acceptors (Lipinski definition) is 13. The van der Waals surface area contributed by atoms with Crippen LogP contribution >= 0.6 is 0 Å². The maximum absolute atomic E-state index is 11.9. The van der Waals surface area contributed by atoms with Gasteiger partial charge in [0.15, 0.2) is 46.2 Å². The van der Waals surface area contributed by atoms with E-state index in [0.717, 1.165) is 33.4 Å². The predicted molar refractivity (Wildman–Crippen MR) is 283 cm³/mol. The number of ketones is 6. The summed E-state index contributed by atoms with van der Waals surface area (Å²) in [5.74, 6) is -0.620. The molecule has 13 heteroatoms. The van der Waals surface area contributed by atoms with Gasteiger partial charge in [-0.2, -0.15) is 0 Å². The molecule has 0 aliphatic carbocycles. The topological polar surface area (TPSA) is 233 Å². The van der Waals surface area contributed by atoms with Gasteiger partial charge in [-0.1, -0.05) is 91.1 Å². The third-order valence-electron chi connectivity index (χ3n) is 10.1. The van der Waals surface area contributed by atoms with Gasteiger partial charge in [0.05, 0.1) is 26.4 Å². The summed E-state index contributed by atoms with van der Waals surface area (Å²) in [7, 11) is 1.44. The summed E-state index contributed by atoms with van der Waals surface area (Å²) in [5, 5.41) is 56.0. The average molecular weight is 983 g/mol. The van der Waals surface area contributed by atoms with Crippen molar-refractivity contribution in [2.24, 2.45) is 0 Å². The third-order valence-corrected chi connectivity index (χ3v) is 10.1.